The van der Waals surface area contributed by atoms with E-state index in [0.29, 0.717) is 0 Å². The highest BCUT2D eigenvalue weighted by Crippen LogP contribution is 2.23. The fourth-order valence-electron chi connectivity index (χ4n) is 2.68. The Morgan fingerprint density at radius 3 is 2.57 bits per heavy atom. The molecule has 6 heteroatoms. The molecule has 3 rings (SSSR count). The predicted octanol–water partition coefficient (Wildman–Crippen LogP) is 5.06. The van der Waals surface area contributed by atoms with Gasteiger partial charge in [-0.25, -0.2) is 13.8 Å². The largest absolute Gasteiger partial charge is 0.346 e. The van der Waals surface area contributed by atoms with Gasteiger partial charge in [0.25, 0.3) is 0 Å². The standard InChI is InChI=1S/C22H17F3N2O/c1-14(27-22(28)10-7-15-5-8-19(23)12-20(15)24)16-3-2-4-17(11-16)18-6-9-21(25)26-13-18/h2-14H,1H3,(H,27,28)/t14-/m0/s1. The Balaban J connectivity index is 1.69. The van der Waals surface area contributed by atoms with Crippen molar-refractivity contribution < 1.29 is 18.0 Å². The van der Waals surface area contributed by atoms with Gasteiger partial charge in [0.15, 0.2) is 0 Å². The maximum atomic E-state index is 13.6. The molecule has 1 amide bonds. The Morgan fingerprint density at radius 2 is 1.86 bits per heavy atom. The van der Waals surface area contributed by atoms with Gasteiger partial charge in [0.1, 0.15) is 11.6 Å². The SMILES string of the molecule is C[C@H](NC(=O)C=Cc1ccc(F)cc1F)c1cccc(-c2ccc(F)nc2)c1. The number of amides is 1. The molecule has 0 saturated carbocycles. The molecule has 3 nitrogen and oxygen atoms in total. The summed E-state index contributed by atoms with van der Waals surface area (Å²) in [4.78, 5) is 15.8. The number of aromatic nitrogens is 1. The molecular formula is C22H17F3N2O. The first-order valence-electron chi connectivity index (χ1n) is 8.58. The molecule has 0 radical (unpaired) electrons. The fraction of sp³-hybridized carbons (Fsp3) is 0.0909. The van der Waals surface area contributed by atoms with Gasteiger partial charge < -0.3 is 5.32 Å². The van der Waals surface area contributed by atoms with E-state index in [9.17, 15) is 18.0 Å². The van der Waals surface area contributed by atoms with Crippen LogP contribution in [0.25, 0.3) is 17.2 Å². The van der Waals surface area contributed by atoms with Crippen LogP contribution in [0.5, 0.6) is 0 Å². The summed E-state index contributed by atoms with van der Waals surface area (Å²) in [5, 5.41) is 2.79. The number of benzene rings is 2. The molecule has 28 heavy (non-hydrogen) atoms. The number of hydrogen-bond donors (Lipinski definition) is 1. The Kier molecular flexibility index (Phi) is 5.89. The van der Waals surface area contributed by atoms with E-state index in [1.165, 1.54) is 30.5 Å². The molecular weight excluding hydrogens is 365 g/mol. The first-order chi connectivity index (χ1) is 13.4. The van der Waals surface area contributed by atoms with E-state index in [1.54, 1.807) is 6.07 Å². The third-order valence-electron chi connectivity index (χ3n) is 4.18. The fourth-order valence-corrected chi connectivity index (χ4v) is 2.68. The van der Waals surface area contributed by atoms with Crippen LogP contribution in [-0.4, -0.2) is 10.9 Å². The normalized spacial score (nSPS) is 12.1. The van der Waals surface area contributed by atoms with Crippen molar-refractivity contribution in [1.29, 1.82) is 0 Å². The lowest BCUT2D eigenvalue weighted by atomic mass is 10.0. The van der Waals surface area contributed by atoms with Gasteiger partial charge in [-0.05, 0) is 54.5 Å². The second-order valence-corrected chi connectivity index (χ2v) is 6.22. The molecule has 0 aliphatic rings. The lowest BCUT2D eigenvalue weighted by molar-refractivity contribution is -0.117. The Morgan fingerprint density at radius 1 is 1.04 bits per heavy atom. The number of nitrogens with zero attached hydrogens (tertiary/aromatic N) is 1. The lowest BCUT2D eigenvalue weighted by Crippen LogP contribution is -2.24. The number of rotatable bonds is 5. The highest BCUT2D eigenvalue weighted by molar-refractivity contribution is 5.92. The summed E-state index contributed by atoms with van der Waals surface area (Å²) in [6.45, 7) is 1.81. The van der Waals surface area contributed by atoms with Crippen LogP contribution in [0.15, 0.2) is 66.9 Å². The molecule has 2 aromatic carbocycles. The molecule has 0 bridgehead atoms. The van der Waals surface area contributed by atoms with Gasteiger partial charge in [0, 0.05) is 29.5 Å². The van der Waals surface area contributed by atoms with Gasteiger partial charge in [-0.1, -0.05) is 18.2 Å². The molecule has 1 aromatic heterocycles. The number of hydrogen-bond acceptors (Lipinski definition) is 2. The second-order valence-electron chi connectivity index (χ2n) is 6.22. The van der Waals surface area contributed by atoms with Crippen LogP contribution in [0.3, 0.4) is 0 Å². The number of pyridine rings is 1. The Bertz CT molecular complexity index is 1020. The summed E-state index contributed by atoms with van der Waals surface area (Å²) >= 11 is 0. The minimum Gasteiger partial charge on any atom is -0.346 e. The van der Waals surface area contributed by atoms with Crippen molar-refractivity contribution in [2.75, 3.05) is 0 Å². The van der Waals surface area contributed by atoms with Gasteiger partial charge in [-0.3, -0.25) is 4.79 Å². The van der Waals surface area contributed by atoms with Crippen LogP contribution >= 0.6 is 0 Å². The topological polar surface area (TPSA) is 42.0 Å². The molecule has 1 N–H and O–H groups in total. The molecule has 1 heterocycles. The van der Waals surface area contributed by atoms with E-state index < -0.39 is 23.5 Å². The van der Waals surface area contributed by atoms with Gasteiger partial charge in [0.2, 0.25) is 11.9 Å². The maximum absolute atomic E-state index is 13.6. The van der Waals surface area contributed by atoms with Crippen molar-refractivity contribution in [1.82, 2.24) is 10.3 Å². The van der Waals surface area contributed by atoms with Crippen LogP contribution in [0, 0.1) is 17.6 Å². The van der Waals surface area contributed by atoms with Gasteiger partial charge in [-0.2, -0.15) is 4.39 Å². The van der Waals surface area contributed by atoms with E-state index in [2.05, 4.69) is 10.3 Å². The Labute approximate surface area is 160 Å². The van der Waals surface area contributed by atoms with Crippen LogP contribution in [0.1, 0.15) is 24.1 Å². The third-order valence-corrected chi connectivity index (χ3v) is 4.18. The number of carbonyl (C=O) groups is 1. The van der Waals surface area contributed by atoms with E-state index in [1.807, 2.05) is 31.2 Å². The summed E-state index contributed by atoms with van der Waals surface area (Å²) in [7, 11) is 0. The van der Waals surface area contributed by atoms with Crippen molar-refractivity contribution in [2.45, 2.75) is 13.0 Å². The number of nitrogens with one attached hydrogen (secondary N) is 1. The quantitative estimate of drug-likeness (QED) is 0.495. The predicted molar refractivity (Wildman–Crippen MR) is 102 cm³/mol. The van der Waals surface area contributed by atoms with E-state index in [4.69, 9.17) is 0 Å². The second kappa shape index (κ2) is 8.52. The molecule has 142 valence electrons. The zero-order valence-electron chi connectivity index (χ0n) is 15.0. The molecule has 0 spiro atoms. The zero-order valence-corrected chi connectivity index (χ0v) is 15.0. The first kappa shape index (κ1) is 19.4. The average Bonchev–Trinajstić information content (AvgIpc) is 2.68. The van der Waals surface area contributed by atoms with Crippen LogP contribution < -0.4 is 5.32 Å². The van der Waals surface area contributed by atoms with Crippen molar-refractivity contribution in [3.05, 3.63) is 95.6 Å². The maximum Gasteiger partial charge on any atom is 0.244 e. The summed E-state index contributed by atoms with van der Waals surface area (Å²) < 4.78 is 39.5. The van der Waals surface area contributed by atoms with E-state index in [-0.39, 0.29) is 11.6 Å². The first-order valence-corrected chi connectivity index (χ1v) is 8.58. The van der Waals surface area contributed by atoms with Crippen LogP contribution in [0.4, 0.5) is 13.2 Å². The minimum atomic E-state index is -0.738. The summed E-state index contributed by atoms with van der Waals surface area (Å²) in [6.07, 6.45) is 3.93. The molecule has 0 fully saturated rings. The van der Waals surface area contributed by atoms with Crippen molar-refractivity contribution in [3.8, 4) is 11.1 Å². The van der Waals surface area contributed by atoms with Crippen molar-refractivity contribution in [3.63, 3.8) is 0 Å². The summed E-state index contributed by atoms with van der Waals surface area (Å²) in [5.41, 5.74) is 2.56. The Hall–Kier alpha value is -3.41. The van der Waals surface area contributed by atoms with Gasteiger partial charge >= 0.3 is 0 Å². The zero-order chi connectivity index (χ0) is 20.1. The highest BCUT2D eigenvalue weighted by Gasteiger charge is 2.10. The van der Waals surface area contributed by atoms with E-state index in [0.717, 1.165) is 28.8 Å². The van der Waals surface area contributed by atoms with Gasteiger partial charge in [0.05, 0.1) is 6.04 Å². The lowest BCUT2D eigenvalue weighted by Gasteiger charge is -2.14. The summed E-state index contributed by atoms with van der Waals surface area (Å²) in [6, 6.07) is 13.2. The number of halogens is 3. The smallest absolute Gasteiger partial charge is 0.244 e. The van der Waals surface area contributed by atoms with Crippen LogP contribution in [0.2, 0.25) is 0 Å². The highest BCUT2D eigenvalue weighted by atomic mass is 19.1. The molecule has 0 aliphatic carbocycles. The third kappa shape index (κ3) is 4.85. The molecule has 0 aliphatic heterocycles. The van der Waals surface area contributed by atoms with Gasteiger partial charge in [-0.15, -0.1) is 0 Å². The van der Waals surface area contributed by atoms with E-state index >= 15 is 0 Å². The molecule has 1 atom stereocenters. The summed E-state index contributed by atoms with van der Waals surface area (Å²) in [5.74, 6) is -2.38. The van der Waals surface area contributed by atoms with Crippen molar-refractivity contribution >= 4 is 12.0 Å². The molecule has 0 saturated heterocycles. The van der Waals surface area contributed by atoms with Crippen LogP contribution in [-0.2, 0) is 4.79 Å². The molecule has 3 aromatic rings. The van der Waals surface area contributed by atoms with Crippen molar-refractivity contribution in [2.24, 2.45) is 0 Å². The average molecular weight is 382 g/mol. The number of carbonyl (C=O) groups excluding carboxylic acids is 1. The monoisotopic (exact) mass is 382 g/mol. The minimum absolute atomic E-state index is 0.120. The molecule has 0 unspecified atom stereocenters.